The maximum Gasteiger partial charge on any atom is 0.0930 e. The van der Waals surface area contributed by atoms with E-state index in [4.69, 9.17) is 8.85 Å². The van der Waals surface area contributed by atoms with Crippen LogP contribution < -0.4 is 0 Å². The number of methoxy groups -OCH3 is 1. The van der Waals surface area contributed by atoms with Gasteiger partial charge in [-0.1, -0.05) is 22.0 Å². The predicted molar refractivity (Wildman–Crippen MR) is 79.1 cm³/mol. The van der Waals surface area contributed by atoms with Crippen molar-refractivity contribution < 1.29 is 14.0 Å². The Kier molecular flexibility index (Phi) is 2.49. The average Bonchev–Trinajstić information content (AvgIpc) is 2.70. The van der Waals surface area contributed by atoms with E-state index in [9.17, 15) is 5.11 Å². The van der Waals surface area contributed by atoms with Gasteiger partial charge in [0.1, 0.15) is 0 Å². The van der Waals surface area contributed by atoms with Crippen LogP contribution in [0.3, 0.4) is 0 Å². The molecule has 1 aromatic rings. The van der Waals surface area contributed by atoms with Gasteiger partial charge in [0.05, 0.1) is 11.7 Å². The first kappa shape index (κ1) is 10.4. The third kappa shape index (κ3) is 1.98. The highest BCUT2D eigenvalue weighted by atomic mass is 79.9. The van der Waals surface area contributed by atoms with Crippen LogP contribution in [0.2, 0.25) is 0 Å². The van der Waals surface area contributed by atoms with Gasteiger partial charge in [0, 0.05) is 21.1 Å². The van der Waals surface area contributed by atoms with Gasteiger partial charge in [-0.15, -0.1) is 0 Å². The number of rotatable bonds is 1. The van der Waals surface area contributed by atoms with Crippen molar-refractivity contribution in [1.82, 2.24) is 0 Å². The Balaban J connectivity index is 2.09. The number of aliphatic hydroxyl groups is 1. The highest BCUT2D eigenvalue weighted by molar-refractivity contribution is 9.10. The van der Waals surface area contributed by atoms with E-state index < -0.39 is 17.9 Å². The third-order valence-electron chi connectivity index (χ3n) is 4.98. The van der Waals surface area contributed by atoms with Crippen LogP contribution in [0.5, 0.6) is 0 Å². The molecule has 0 aromatic heterocycles. The first-order chi connectivity index (χ1) is 10.2. The van der Waals surface area contributed by atoms with Crippen molar-refractivity contribution in [2.24, 2.45) is 5.41 Å². The number of fused-ring (bicyclic) bond motifs is 1. The Morgan fingerprint density at radius 2 is 2.16 bits per heavy atom. The minimum absolute atomic E-state index is 0.168. The van der Waals surface area contributed by atoms with E-state index in [-0.39, 0.29) is 6.10 Å². The van der Waals surface area contributed by atoms with Gasteiger partial charge in [-0.05, 0) is 62.2 Å². The smallest absolute Gasteiger partial charge is 0.0930 e. The number of ether oxygens (including phenoxy) is 1. The summed E-state index contributed by atoms with van der Waals surface area (Å²) >= 11 is 3.40. The summed E-state index contributed by atoms with van der Waals surface area (Å²) in [6.07, 6.45) is 3.73. The molecule has 0 heterocycles. The molecule has 104 valence electrons. The molecular weight excluding hydrogens is 304 g/mol. The quantitative estimate of drug-likeness (QED) is 0.850. The minimum atomic E-state index is -2.45. The molecule has 1 saturated carbocycles. The van der Waals surface area contributed by atoms with E-state index in [0.717, 1.165) is 22.9 Å². The van der Waals surface area contributed by atoms with E-state index >= 15 is 0 Å². The SMILES string of the molecule is [2H]C([2H])([2H])C1(O)c2cc(Br)ccc2CC12CCC(OC)CC2. The van der Waals surface area contributed by atoms with Crippen molar-refractivity contribution in [1.29, 1.82) is 0 Å². The molecular formula is C16H21BrO2. The summed E-state index contributed by atoms with van der Waals surface area (Å²) < 4.78 is 30.3. The van der Waals surface area contributed by atoms with Gasteiger partial charge in [-0.25, -0.2) is 0 Å². The molecule has 3 rings (SSSR count). The van der Waals surface area contributed by atoms with Crippen LogP contribution in [0.25, 0.3) is 0 Å². The summed E-state index contributed by atoms with van der Waals surface area (Å²) in [5.74, 6) is 0. The van der Waals surface area contributed by atoms with Gasteiger partial charge in [0.15, 0.2) is 0 Å². The van der Waals surface area contributed by atoms with Crippen molar-refractivity contribution in [3.8, 4) is 0 Å². The van der Waals surface area contributed by atoms with E-state index in [1.54, 1.807) is 13.2 Å². The van der Waals surface area contributed by atoms with Gasteiger partial charge in [-0.2, -0.15) is 0 Å². The average molecular weight is 328 g/mol. The molecule has 2 aliphatic rings. The molecule has 0 aliphatic heterocycles. The zero-order valence-corrected chi connectivity index (χ0v) is 12.7. The van der Waals surface area contributed by atoms with E-state index in [0.29, 0.717) is 24.8 Å². The maximum absolute atomic E-state index is 11.4. The second kappa shape index (κ2) is 4.57. The van der Waals surface area contributed by atoms with Gasteiger partial charge in [0.2, 0.25) is 0 Å². The largest absolute Gasteiger partial charge is 0.385 e. The fourth-order valence-electron chi connectivity index (χ4n) is 3.74. The Morgan fingerprint density at radius 1 is 1.42 bits per heavy atom. The first-order valence-corrected chi connectivity index (χ1v) is 7.57. The number of hydrogen-bond donors (Lipinski definition) is 1. The van der Waals surface area contributed by atoms with E-state index in [1.807, 2.05) is 12.1 Å². The van der Waals surface area contributed by atoms with Crippen LogP contribution in [-0.4, -0.2) is 18.3 Å². The Hall–Kier alpha value is -0.380. The van der Waals surface area contributed by atoms with Crippen LogP contribution in [-0.2, 0) is 16.8 Å². The Bertz CT molecular complexity index is 579. The Labute approximate surface area is 127 Å². The molecule has 1 unspecified atom stereocenters. The minimum Gasteiger partial charge on any atom is -0.385 e. The Morgan fingerprint density at radius 3 is 2.79 bits per heavy atom. The topological polar surface area (TPSA) is 29.5 Å². The zero-order valence-electron chi connectivity index (χ0n) is 14.1. The van der Waals surface area contributed by atoms with E-state index in [2.05, 4.69) is 15.9 Å². The molecule has 0 bridgehead atoms. The van der Waals surface area contributed by atoms with Crippen LogP contribution in [0.1, 0.15) is 47.8 Å². The van der Waals surface area contributed by atoms with Crippen LogP contribution in [0, 0.1) is 5.41 Å². The monoisotopic (exact) mass is 327 g/mol. The number of benzene rings is 1. The molecule has 0 amide bonds. The first-order valence-electron chi connectivity index (χ1n) is 8.28. The van der Waals surface area contributed by atoms with Crippen molar-refractivity contribution in [2.75, 3.05) is 7.11 Å². The maximum atomic E-state index is 11.4. The van der Waals surface area contributed by atoms with Crippen molar-refractivity contribution in [2.45, 2.75) is 50.7 Å². The summed E-state index contributed by atoms with van der Waals surface area (Å²) in [6.45, 7) is -2.45. The fraction of sp³-hybridized carbons (Fsp3) is 0.625. The predicted octanol–water partition coefficient (Wildman–Crippen LogP) is 3.79. The molecule has 1 N–H and O–H groups in total. The molecule has 19 heavy (non-hydrogen) atoms. The highest BCUT2D eigenvalue weighted by Crippen LogP contribution is 2.57. The molecule has 1 aromatic carbocycles. The number of halogens is 1. The molecule has 1 atom stereocenters. The summed E-state index contributed by atoms with van der Waals surface area (Å²) in [5, 5.41) is 11.4. The number of hydrogen-bond acceptors (Lipinski definition) is 2. The molecule has 3 heteroatoms. The van der Waals surface area contributed by atoms with Gasteiger partial charge < -0.3 is 9.84 Å². The van der Waals surface area contributed by atoms with Gasteiger partial charge >= 0.3 is 0 Å². The standard InChI is InChI=1S/C16H21BrO2/c1-15(18)14-9-12(17)4-3-11(14)10-16(15)7-5-13(19-2)6-8-16/h3-4,9,13,18H,5-8,10H2,1-2H3/i1D3. The molecule has 2 aliphatic carbocycles. The lowest BCUT2D eigenvalue weighted by molar-refractivity contribution is -0.102. The van der Waals surface area contributed by atoms with Crippen molar-refractivity contribution >= 4 is 15.9 Å². The highest BCUT2D eigenvalue weighted by Gasteiger charge is 2.54. The summed E-state index contributed by atoms with van der Waals surface area (Å²) in [5.41, 5.74) is -0.871. The van der Waals surface area contributed by atoms with Crippen molar-refractivity contribution in [3.05, 3.63) is 33.8 Å². The lowest BCUT2D eigenvalue weighted by atomic mass is 9.64. The molecule has 0 radical (unpaired) electrons. The van der Waals surface area contributed by atoms with Crippen molar-refractivity contribution in [3.63, 3.8) is 0 Å². The lowest BCUT2D eigenvalue weighted by Gasteiger charge is -2.45. The third-order valence-corrected chi connectivity index (χ3v) is 5.47. The van der Waals surface area contributed by atoms with Gasteiger partial charge in [-0.3, -0.25) is 0 Å². The summed E-state index contributed by atoms with van der Waals surface area (Å²) in [6, 6.07) is 5.63. The van der Waals surface area contributed by atoms with Crippen LogP contribution >= 0.6 is 15.9 Å². The summed E-state index contributed by atoms with van der Waals surface area (Å²) in [4.78, 5) is 0. The second-order valence-corrected chi connectivity index (χ2v) is 6.82. The molecule has 1 spiro atoms. The van der Waals surface area contributed by atoms with Gasteiger partial charge in [0.25, 0.3) is 0 Å². The molecule has 2 nitrogen and oxygen atoms in total. The van der Waals surface area contributed by atoms with Crippen LogP contribution in [0.15, 0.2) is 22.7 Å². The second-order valence-electron chi connectivity index (χ2n) is 5.90. The summed E-state index contributed by atoms with van der Waals surface area (Å²) in [7, 11) is 1.69. The fourth-order valence-corrected chi connectivity index (χ4v) is 4.10. The lowest BCUT2D eigenvalue weighted by Crippen LogP contribution is -2.44. The van der Waals surface area contributed by atoms with Crippen LogP contribution in [0.4, 0.5) is 0 Å². The normalized spacial score (nSPS) is 40.6. The molecule has 0 saturated heterocycles. The van der Waals surface area contributed by atoms with E-state index in [1.165, 1.54) is 0 Å². The zero-order chi connectivity index (χ0) is 16.2. The molecule has 1 fully saturated rings.